The van der Waals surface area contributed by atoms with Crippen molar-refractivity contribution < 1.29 is 4.42 Å². The monoisotopic (exact) mass is 218 g/mol. The summed E-state index contributed by atoms with van der Waals surface area (Å²) in [5.74, 6) is 2.08. The van der Waals surface area contributed by atoms with Gasteiger partial charge in [-0.2, -0.15) is 5.26 Å². The van der Waals surface area contributed by atoms with Crippen molar-refractivity contribution in [1.82, 2.24) is 5.32 Å². The third-order valence-electron chi connectivity index (χ3n) is 3.23. The molecule has 0 saturated heterocycles. The fraction of sp³-hybridized carbons (Fsp3) is 0.615. The second-order valence-corrected chi connectivity index (χ2v) is 4.51. The van der Waals surface area contributed by atoms with E-state index in [0.717, 1.165) is 24.8 Å². The Morgan fingerprint density at radius 2 is 2.12 bits per heavy atom. The van der Waals surface area contributed by atoms with E-state index in [1.807, 2.05) is 12.1 Å². The van der Waals surface area contributed by atoms with Gasteiger partial charge in [0.05, 0.1) is 6.54 Å². The first-order chi connectivity index (χ1) is 7.88. The lowest BCUT2D eigenvalue weighted by Crippen LogP contribution is -2.23. The minimum Gasteiger partial charge on any atom is -0.449 e. The van der Waals surface area contributed by atoms with Crippen LogP contribution in [0.1, 0.15) is 43.6 Å². The molecule has 0 spiro atoms. The SMILES string of the molecule is N#Cc1ccc(CNCC2CCCCC2)o1. The van der Waals surface area contributed by atoms with Crippen LogP contribution in [0.2, 0.25) is 0 Å². The fourth-order valence-corrected chi connectivity index (χ4v) is 2.32. The highest BCUT2D eigenvalue weighted by Crippen LogP contribution is 2.22. The summed E-state index contributed by atoms with van der Waals surface area (Å²) in [6.07, 6.45) is 6.88. The van der Waals surface area contributed by atoms with Crippen molar-refractivity contribution >= 4 is 0 Å². The number of nitrogens with zero attached hydrogens (tertiary/aromatic N) is 1. The van der Waals surface area contributed by atoms with Crippen molar-refractivity contribution in [1.29, 1.82) is 5.26 Å². The van der Waals surface area contributed by atoms with Gasteiger partial charge in [-0.15, -0.1) is 0 Å². The predicted octanol–water partition coefficient (Wildman–Crippen LogP) is 2.82. The van der Waals surface area contributed by atoms with Gasteiger partial charge < -0.3 is 9.73 Å². The molecule has 0 aliphatic heterocycles. The maximum absolute atomic E-state index is 8.62. The highest BCUT2D eigenvalue weighted by molar-refractivity contribution is 5.18. The second-order valence-electron chi connectivity index (χ2n) is 4.51. The van der Waals surface area contributed by atoms with Crippen molar-refractivity contribution in [3.63, 3.8) is 0 Å². The Morgan fingerprint density at radius 3 is 2.81 bits per heavy atom. The van der Waals surface area contributed by atoms with Crippen molar-refractivity contribution in [2.75, 3.05) is 6.54 Å². The number of hydrogen-bond donors (Lipinski definition) is 1. The third kappa shape index (κ3) is 3.11. The van der Waals surface area contributed by atoms with E-state index < -0.39 is 0 Å². The Hall–Kier alpha value is -1.27. The average Bonchev–Trinajstić information content (AvgIpc) is 2.78. The van der Waals surface area contributed by atoms with E-state index >= 15 is 0 Å². The summed E-state index contributed by atoms with van der Waals surface area (Å²) < 4.78 is 5.30. The van der Waals surface area contributed by atoms with Gasteiger partial charge in [0.2, 0.25) is 5.76 Å². The topological polar surface area (TPSA) is 49.0 Å². The largest absolute Gasteiger partial charge is 0.449 e. The zero-order valence-electron chi connectivity index (χ0n) is 9.54. The summed E-state index contributed by atoms with van der Waals surface area (Å²) >= 11 is 0. The Labute approximate surface area is 96.4 Å². The van der Waals surface area contributed by atoms with Gasteiger partial charge in [0.15, 0.2) is 0 Å². The lowest BCUT2D eigenvalue weighted by molar-refractivity contribution is 0.336. The summed E-state index contributed by atoms with van der Waals surface area (Å²) in [6.45, 7) is 1.81. The molecule has 86 valence electrons. The molecule has 16 heavy (non-hydrogen) atoms. The van der Waals surface area contributed by atoms with Gasteiger partial charge in [0, 0.05) is 0 Å². The molecule has 1 N–H and O–H groups in total. The Balaban J connectivity index is 1.69. The molecule has 0 atom stereocenters. The molecular formula is C13H18N2O. The van der Waals surface area contributed by atoms with Gasteiger partial charge in [-0.25, -0.2) is 0 Å². The van der Waals surface area contributed by atoms with Crippen LogP contribution in [0.5, 0.6) is 0 Å². The quantitative estimate of drug-likeness (QED) is 0.845. The van der Waals surface area contributed by atoms with E-state index in [4.69, 9.17) is 9.68 Å². The molecule has 0 bridgehead atoms. The van der Waals surface area contributed by atoms with Crippen molar-refractivity contribution in [2.45, 2.75) is 38.6 Å². The maximum atomic E-state index is 8.62. The van der Waals surface area contributed by atoms with Crippen LogP contribution in [0.25, 0.3) is 0 Å². The van der Waals surface area contributed by atoms with Crippen LogP contribution in [0.3, 0.4) is 0 Å². The van der Waals surface area contributed by atoms with E-state index in [0.29, 0.717) is 5.76 Å². The smallest absolute Gasteiger partial charge is 0.203 e. The molecular weight excluding hydrogens is 200 g/mol. The van der Waals surface area contributed by atoms with Gasteiger partial charge in [-0.3, -0.25) is 0 Å². The summed E-state index contributed by atoms with van der Waals surface area (Å²) in [7, 11) is 0. The lowest BCUT2D eigenvalue weighted by atomic mass is 9.89. The van der Waals surface area contributed by atoms with Crippen LogP contribution < -0.4 is 5.32 Å². The number of furan rings is 1. The van der Waals surface area contributed by atoms with Gasteiger partial charge in [0.1, 0.15) is 11.8 Å². The van der Waals surface area contributed by atoms with Gasteiger partial charge in [0.25, 0.3) is 0 Å². The first-order valence-corrected chi connectivity index (χ1v) is 6.08. The summed E-state index contributed by atoms with van der Waals surface area (Å²) in [6, 6.07) is 5.58. The van der Waals surface area contributed by atoms with Crippen LogP contribution in [0.4, 0.5) is 0 Å². The molecule has 3 heteroatoms. The predicted molar refractivity (Wildman–Crippen MR) is 61.7 cm³/mol. The van der Waals surface area contributed by atoms with Crippen molar-refractivity contribution in [2.24, 2.45) is 5.92 Å². The van der Waals surface area contributed by atoms with E-state index in [1.54, 1.807) is 6.07 Å². The van der Waals surface area contributed by atoms with Gasteiger partial charge in [-0.1, -0.05) is 19.3 Å². The molecule has 2 rings (SSSR count). The fourth-order valence-electron chi connectivity index (χ4n) is 2.32. The summed E-state index contributed by atoms with van der Waals surface area (Å²) in [5.41, 5.74) is 0. The standard InChI is InChI=1S/C13H18N2O/c14-8-12-6-7-13(16-12)10-15-9-11-4-2-1-3-5-11/h6-7,11,15H,1-5,9-10H2. The summed E-state index contributed by atoms with van der Waals surface area (Å²) in [4.78, 5) is 0. The Bertz CT molecular complexity index is 358. The van der Waals surface area contributed by atoms with Crippen LogP contribution in [-0.4, -0.2) is 6.54 Å². The average molecular weight is 218 g/mol. The molecule has 1 aromatic rings. The number of rotatable bonds is 4. The van der Waals surface area contributed by atoms with E-state index in [-0.39, 0.29) is 0 Å². The van der Waals surface area contributed by atoms with E-state index in [1.165, 1.54) is 32.1 Å². The molecule has 1 fully saturated rings. The zero-order valence-corrected chi connectivity index (χ0v) is 9.54. The van der Waals surface area contributed by atoms with Crippen molar-refractivity contribution in [3.8, 4) is 6.07 Å². The van der Waals surface area contributed by atoms with Crippen molar-refractivity contribution in [3.05, 3.63) is 23.7 Å². The molecule has 1 saturated carbocycles. The van der Waals surface area contributed by atoms with E-state index in [2.05, 4.69) is 5.32 Å². The zero-order chi connectivity index (χ0) is 11.2. The Morgan fingerprint density at radius 1 is 1.31 bits per heavy atom. The lowest BCUT2D eigenvalue weighted by Gasteiger charge is -2.21. The molecule has 1 aliphatic rings. The molecule has 3 nitrogen and oxygen atoms in total. The maximum Gasteiger partial charge on any atom is 0.203 e. The van der Waals surface area contributed by atoms with E-state index in [9.17, 15) is 0 Å². The van der Waals surface area contributed by atoms with Gasteiger partial charge >= 0.3 is 0 Å². The first kappa shape index (κ1) is 11.2. The van der Waals surface area contributed by atoms with Crippen LogP contribution in [-0.2, 0) is 6.54 Å². The highest BCUT2D eigenvalue weighted by Gasteiger charge is 2.12. The molecule has 0 amide bonds. The number of nitriles is 1. The molecule has 1 aromatic heterocycles. The minimum atomic E-state index is 0.398. The second kappa shape index (κ2) is 5.72. The third-order valence-corrected chi connectivity index (χ3v) is 3.23. The molecule has 1 aliphatic carbocycles. The van der Waals surface area contributed by atoms with Crippen LogP contribution in [0, 0.1) is 17.2 Å². The summed E-state index contributed by atoms with van der Waals surface area (Å²) in [5, 5.41) is 12.0. The van der Waals surface area contributed by atoms with Gasteiger partial charge in [-0.05, 0) is 37.4 Å². The number of hydrogen-bond acceptors (Lipinski definition) is 3. The van der Waals surface area contributed by atoms with Crippen LogP contribution >= 0.6 is 0 Å². The molecule has 0 radical (unpaired) electrons. The Kier molecular flexibility index (Phi) is 4.01. The normalized spacial score (nSPS) is 17.2. The molecule has 1 heterocycles. The first-order valence-electron chi connectivity index (χ1n) is 6.08. The number of nitrogens with one attached hydrogen (secondary N) is 1. The minimum absolute atomic E-state index is 0.398. The van der Waals surface area contributed by atoms with Crippen LogP contribution in [0.15, 0.2) is 16.5 Å². The molecule has 0 unspecified atom stereocenters. The highest BCUT2D eigenvalue weighted by atomic mass is 16.3. The molecule has 0 aromatic carbocycles.